The average molecular weight is 371 g/mol. The van der Waals surface area contributed by atoms with Crippen molar-refractivity contribution in [1.82, 2.24) is 5.32 Å². The summed E-state index contributed by atoms with van der Waals surface area (Å²) in [4.78, 5) is 11.4. The van der Waals surface area contributed by atoms with Gasteiger partial charge in [0.25, 0.3) is 0 Å². The van der Waals surface area contributed by atoms with Crippen LogP contribution < -0.4 is 8.59 Å². The molecule has 0 radical (unpaired) electrons. The van der Waals surface area contributed by atoms with Crippen LogP contribution in [0.1, 0.15) is 10.4 Å². The van der Waals surface area contributed by atoms with Gasteiger partial charge in [0.2, 0.25) is 0 Å². The molecule has 0 aromatic heterocycles. The molecule has 1 aromatic carbocycles. The molecule has 1 rings (SSSR count). The second kappa shape index (κ2) is 5.13. The number of hydrogen-bond acceptors (Lipinski definition) is 1. The van der Waals surface area contributed by atoms with Gasteiger partial charge in [-0.15, -0.1) is 0 Å². The van der Waals surface area contributed by atoms with E-state index in [1.54, 1.807) is 30.8 Å². The van der Waals surface area contributed by atoms with Crippen LogP contribution in [0.5, 0.6) is 0 Å². The van der Waals surface area contributed by atoms with Crippen molar-refractivity contribution in [2.45, 2.75) is 0 Å². The van der Waals surface area contributed by atoms with Gasteiger partial charge in [0.05, 0.1) is 0 Å². The van der Waals surface area contributed by atoms with Gasteiger partial charge in [0, 0.05) is 0 Å². The van der Waals surface area contributed by atoms with Crippen LogP contribution in [0.15, 0.2) is 36.9 Å². The van der Waals surface area contributed by atoms with Gasteiger partial charge in [-0.1, -0.05) is 0 Å². The van der Waals surface area contributed by atoms with Crippen LogP contribution in [0, 0.1) is 24.7 Å². The van der Waals surface area contributed by atoms with Crippen LogP contribution in [0.2, 0.25) is 0 Å². The summed E-state index contributed by atoms with van der Waals surface area (Å²) in [7, 11) is 0. The van der Waals surface area contributed by atoms with Gasteiger partial charge < -0.3 is 0 Å². The zero-order valence-corrected chi connectivity index (χ0v) is 10.0. The molecule has 0 aliphatic carbocycles. The minimum absolute atomic E-state index is 0.0495. The Labute approximate surface area is 92.9 Å². The molecule has 68 valence electrons. The Kier molecular flexibility index (Phi) is 4.10. The van der Waals surface area contributed by atoms with Crippen LogP contribution in [0.3, 0.4) is 0 Å². The molecule has 1 aromatic rings. The summed E-state index contributed by atoms with van der Waals surface area (Å²) in [5.41, 5.74) is 0.696. The summed E-state index contributed by atoms with van der Waals surface area (Å²) in [6.45, 7) is 4.04. The molecule has 0 saturated heterocycles. The Morgan fingerprint density at radius 2 is 2.08 bits per heavy atom. The van der Waals surface area contributed by atoms with Crippen molar-refractivity contribution in [2.75, 3.05) is 6.54 Å². The Hall–Kier alpha value is -0.687. The molecule has 0 atom stereocenters. The predicted octanol–water partition coefficient (Wildman–Crippen LogP) is 0.777. The van der Waals surface area contributed by atoms with Crippen molar-refractivity contribution < 1.29 is 29.5 Å². The van der Waals surface area contributed by atoms with E-state index in [0.29, 0.717) is 12.1 Å². The first-order chi connectivity index (χ1) is 6.24. The minimum atomic E-state index is -0.0495. The van der Waals surface area contributed by atoms with E-state index in [1.165, 1.54) is 3.27 Å². The van der Waals surface area contributed by atoms with Crippen molar-refractivity contribution in [2.24, 2.45) is 0 Å². The van der Waals surface area contributed by atoms with E-state index >= 15 is 0 Å². The summed E-state index contributed by atoms with van der Waals surface area (Å²) < 4.78 is 1.21. The first kappa shape index (κ1) is 10.4. The molecule has 0 bridgehead atoms. The summed E-state index contributed by atoms with van der Waals surface area (Å²) in [5, 5.41) is 2.72. The molecular weight excluding hydrogens is 361 g/mol. The third-order valence-corrected chi connectivity index (χ3v) is 2.49. The standard InChI is InChI=1S/C10H10AtNO/c1-2-7-12-10(13)8-3-5-9(11)6-4-8/h2-6H,1,7H2,(H,12,13)/i11+1. The molecule has 3 heteroatoms. The van der Waals surface area contributed by atoms with Crippen LogP contribution in [-0.2, 0) is 0 Å². The number of rotatable bonds is 3. The van der Waals surface area contributed by atoms with Gasteiger partial charge >= 0.3 is 93.0 Å². The van der Waals surface area contributed by atoms with Crippen LogP contribution in [0.4, 0.5) is 0 Å². The van der Waals surface area contributed by atoms with E-state index in [0.717, 1.165) is 0 Å². The second-order valence-electron chi connectivity index (χ2n) is 2.51. The first-order valence-electron chi connectivity index (χ1n) is 3.88. The second-order valence-corrected chi connectivity index (χ2v) is 4.20. The van der Waals surface area contributed by atoms with E-state index in [9.17, 15) is 4.79 Å². The third kappa shape index (κ3) is 3.27. The van der Waals surface area contributed by atoms with E-state index in [1.807, 2.05) is 24.3 Å². The molecule has 0 aliphatic heterocycles. The fraction of sp³-hybridized carbons (Fsp3) is 0.100. The van der Waals surface area contributed by atoms with Gasteiger partial charge in [-0.25, -0.2) is 0 Å². The maximum atomic E-state index is 11.4. The number of benzene rings is 1. The monoisotopic (exact) mass is 371 g/mol. The molecule has 2 nitrogen and oxygen atoms in total. The van der Waals surface area contributed by atoms with E-state index < -0.39 is 0 Å². The molecule has 13 heavy (non-hydrogen) atoms. The zero-order valence-electron chi connectivity index (χ0n) is 7.09. The first-order valence-corrected chi connectivity index (χ1v) is 5.35. The summed E-state index contributed by atoms with van der Waals surface area (Å²) in [6.07, 6.45) is 1.66. The van der Waals surface area contributed by atoms with Crippen molar-refractivity contribution in [3.63, 3.8) is 0 Å². The number of carbonyl (C=O) groups is 1. The van der Waals surface area contributed by atoms with Crippen LogP contribution in [-0.4, -0.2) is 12.5 Å². The third-order valence-electron chi connectivity index (χ3n) is 1.51. The van der Waals surface area contributed by atoms with E-state index in [-0.39, 0.29) is 5.91 Å². The topological polar surface area (TPSA) is 29.1 Å². The Morgan fingerprint density at radius 1 is 1.46 bits per heavy atom. The zero-order chi connectivity index (χ0) is 9.68. The maximum absolute atomic E-state index is 11.4. The fourth-order valence-corrected chi connectivity index (χ4v) is 1.36. The molecule has 0 heterocycles. The molecule has 1 amide bonds. The average Bonchev–Trinajstić information content (AvgIpc) is 2.15. The number of carbonyl (C=O) groups excluding carboxylic acids is 1. The SMILES string of the molecule is C=CCNC(=O)c1ccc([211At])cc1. The summed E-state index contributed by atoms with van der Waals surface area (Å²) in [5.74, 6) is -0.0495. The van der Waals surface area contributed by atoms with Gasteiger partial charge in [-0.05, 0) is 0 Å². The van der Waals surface area contributed by atoms with Gasteiger partial charge in [-0.2, -0.15) is 0 Å². The number of nitrogens with one attached hydrogen (secondary N) is 1. The molecule has 0 aliphatic rings. The Balaban J connectivity index is 2.66. The van der Waals surface area contributed by atoms with Crippen molar-refractivity contribution >= 4 is 9.18 Å². The Bertz CT molecular complexity index is 305. The summed E-state index contributed by atoms with van der Waals surface area (Å²) in [6, 6.07) is 7.54. The molecule has 0 spiro atoms. The molecule has 0 unspecified atom stereocenters. The van der Waals surface area contributed by atoms with Crippen molar-refractivity contribution in [1.29, 1.82) is 0 Å². The van der Waals surface area contributed by atoms with E-state index in [4.69, 9.17) is 0 Å². The van der Waals surface area contributed by atoms with Gasteiger partial charge in [-0.3, -0.25) is 0 Å². The number of amides is 1. The van der Waals surface area contributed by atoms with Crippen molar-refractivity contribution in [3.8, 4) is 0 Å². The van der Waals surface area contributed by atoms with Gasteiger partial charge in [0.1, 0.15) is 0 Å². The molecule has 1 N–H and O–H groups in total. The molecular formula is C10H10AtNO. The van der Waals surface area contributed by atoms with E-state index in [2.05, 4.69) is 11.9 Å². The summed E-state index contributed by atoms with van der Waals surface area (Å²) >= 11 is 1.60. The quantitative estimate of drug-likeness (QED) is 0.782. The normalized spacial score (nSPS) is 9.31. The van der Waals surface area contributed by atoms with Crippen LogP contribution >= 0.6 is 0 Å². The predicted molar refractivity (Wildman–Crippen MR) is 48.6 cm³/mol. The Morgan fingerprint density at radius 3 is 2.62 bits per heavy atom. The molecule has 0 saturated carbocycles. The van der Waals surface area contributed by atoms with Crippen LogP contribution in [0.25, 0.3) is 0 Å². The number of hydrogen-bond donors (Lipinski definition) is 1. The van der Waals surface area contributed by atoms with Gasteiger partial charge in [0.15, 0.2) is 0 Å². The fourth-order valence-electron chi connectivity index (χ4n) is 0.868. The molecule has 0 fully saturated rings. The van der Waals surface area contributed by atoms with Crippen molar-refractivity contribution in [3.05, 3.63) is 42.5 Å².